The molecule has 2 amide bonds. The van der Waals surface area contributed by atoms with Gasteiger partial charge in [-0.2, -0.15) is 0 Å². The van der Waals surface area contributed by atoms with Crippen LogP contribution in [0.4, 0.5) is 11.4 Å². The number of furan rings is 1. The number of anilines is 1. The van der Waals surface area contributed by atoms with Gasteiger partial charge >= 0.3 is 0 Å². The fourth-order valence-electron chi connectivity index (χ4n) is 1.90. The fraction of sp³-hybridized carbons (Fsp3) is 0.200. The molecule has 126 valence electrons. The normalized spacial score (nSPS) is 10.0. The van der Waals surface area contributed by atoms with Crippen molar-refractivity contribution in [1.82, 2.24) is 10.6 Å². The number of hydrogen-bond acceptors (Lipinski definition) is 6. The van der Waals surface area contributed by atoms with Crippen molar-refractivity contribution in [1.29, 1.82) is 0 Å². The van der Waals surface area contributed by atoms with E-state index in [0.717, 1.165) is 0 Å². The summed E-state index contributed by atoms with van der Waals surface area (Å²) in [6.45, 7) is 0.370. The predicted molar refractivity (Wildman–Crippen MR) is 85.6 cm³/mol. The van der Waals surface area contributed by atoms with Crippen LogP contribution >= 0.6 is 0 Å². The van der Waals surface area contributed by atoms with Crippen molar-refractivity contribution in [3.63, 3.8) is 0 Å². The maximum absolute atomic E-state index is 11.6. The quantitative estimate of drug-likeness (QED) is 0.378. The van der Waals surface area contributed by atoms with Crippen LogP contribution in [0.3, 0.4) is 0 Å². The number of rotatable bonds is 8. The summed E-state index contributed by atoms with van der Waals surface area (Å²) in [5.41, 5.74) is 0.345. The highest BCUT2D eigenvalue weighted by Gasteiger charge is 2.12. The number of carbonyl (C=O) groups is 2. The Balaban J connectivity index is 1.68. The number of para-hydroxylation sites is 2. The molecule has 9 nitrogen and oxygen atoms in total. The van der Waals surface area contributed by atoms with Gasteiger partial charge in [0, 0.05) is 19.2 Å². The first-order chi connectivity index (χ1) is 11.6. The summed E-state index contributed by atoms with van der Waals surface area (Å²) in [4.78, 5) is 33.6. The van der Waals surface area contributed by atoms with Gasteiger partial charge in [0.15, 0.2) is 5.76 Å². The lowest BCUT2D eigenvalue weighted by Crippen LogP contribution is -2.38. The molecule has 0 radical (unpaired) electrons. The molecule has 0 aliphatic heterocycles. The minimum Gasteiger partial charge on any atom is -0.459 e. The van der Waals surface area contributed by atoms with Gasteiger partial charge in [0.05, 0.1) is 17.7 Å². The van der Waals surface area contributed by atoms with Gasteiger partial charge < -0.3 is 20.4 Å². The van der Waals surface area contributed by atoms with Crippen molar-refractivity contribution in [3.05, 3.63) is 58.5 Å². The standard InChI is InChI=1S/C15H16N4O5/c20-14(10-18-15(21)13-6-3-9-24-13)17-8-7-16-11-4-1-2-5-12(11)19(22)23/h1-6,9,16H,7-8,10H2,(H,17,20)(H,18,21). The van der Waals surface area contributed by atoms with Crippen LogP contribution in [0.5, 0.6) is 0 Å². The Labute approximate surface area is 137 Å². The number of nitrogens with one attached hydrogen (secondary N) is 3. The number of benzene rings is 1. The highest BCUT2D eigenvalue weighted by molar-refractivity contribution is 5.94. The third-order valence-corrected chi connectivity index (χ3v) is 3.02. The topological polar surface area (TPSA) is 127 Å². The number of amides is 2. The van der Waals surface area contributed by atoms with Crippen molar-refractivity contribution in [2.75, 3.05) is 25.0 Å². The fourth-order valence-corrected chi connectivity index (χ4v) is 1.90. The highest BCUT2D eigenvalue weighted by Crippen LogP contribution is 2.22. The summed E-state index contributed by atoms with van der Waals surface area (Å²) in [6.07, 6.45) is 1.36. The SMILES string of the molecule is O=C(CNC(=O)c1ccco1)NCCNc1ccccc1[N+](=O)[O-]. The molecule has 1 aromatic carbocycles. The Morgan fingerprint density at radius 1 is 1.08 bits per heavy atom. The molecule has 0 saturated heterocycles. The molecule has 0 aliphatic rings. The van der Waals surface area contributed by atoms with E-state index in [1.165, 1.54) is 18.4 Å². The molecule has 0 atom stereocenters. The van der Waals surface area contributed by atoms with E-state index >= 15 is 0 Å². The van der Waals surface area contributed by atoms with E-state index in [4.69, 9.17) is 4.42 Å². The first-order valence-electron chi connectivity index (χ1n) is 7.13. The summed E-state index contributed by atoms with van der Waals surface area (Å²) in [6, 6.07) is 9.30. The molecule has 2 aromatic rings. The van der Waals surface area contributed by atoms with Crippen molar-refractivity contribution in [2.45, 2.75) is 0 Å². The highest BCUT2D eigenvalue weighted by atomic mass is 16.6. The molecule has 0 aliphatic carbocycles. The van der Waals surface area contributed by atoms with Gasteiger partial charge in [0.1, 0.15) is 5.69 Å². The summed E-state index contributed by atoms with van der Waals surface area (Å²) in [5, 5.41) is 18.7. The van der Waals surface area contributed by atoms with E-state index in [1.807, 2.05) is 0 Å². The Kier molecular flexibility index (Phi) is 5.89. The second-order valence-electron chi connectivity index (χ2n) is 4.71. The lowest BCUT2D eigenvalue weighted by Gasteiger charge is -2.08. The molecule has 3 N–H and O–H groups in total. The van der Waals surface area contributed by atoms with Crippen LogP contribution < -0.4 is 16.0 Å². The van der Waals surface area contributed by atoms with Crippen molar-refractivity contribution < 1.29 is 18.9 Å². The molecular weight excluding hydrogens is 316 g/mol. The molecule has 0 bridgehead atoms. The van der Waals surface area contributed by atoms with Gasteiger partial charge in [-0.25, -0.2) is 0 Å². The molecule has 1 heterocycles. The van der Waals surface area contributed by atoms with Crippen molar-refractivity contribution in [3.8, 4) is 0 Å². The zero-order valence-corrected chi connectivity index (χ0v) is 12.7. The van der Waals surface area contributed by atoms with Gasteiger partial charge in [0.25, 0.3) is 11.6 Å². The zero-order chi connectivity index (χ0) is 17.4. The van der Waals surface area contributed by atoms with Crippen LogP contribution in [0.2, 0.25) is 0 Å². The minimum absolute atomic E-state index is 0.0328. The van der Waals surface area contributed by atoms with Gasteiger partial charge in [-0.15, -0.1) is 0 Å². The first kappa shape index (κ1) is 17.0. The summed E-state index contributed by atoms with van der Waals surface area (Å²) in [5.74, 6) is -0.728. The second kappa shape index (κ2) is 8.32. The molecule has 0 saturated carbocycles. The van der Waals surface area contributed by atoms with Crippen LogP contribution in [0, 0.1) is 10.1 Å². The molecule has 24 heavy (non-hydrogen) atoms. The molecule has 9 heteroatoms. The van der Waals surface area contributed by atoms with Crippen LogP contribution in [0.1, 0.15) is 10.6 Å². The number of nitrogens with zero attached hydrogens (tertiary/aromatic N) is 1. The van der Waals surface area contributed by atoms with Crippen LogP contribution in [-0.4, -0.2) is 36.4 Å². The lowest BCUT2D eigenvalue weighted by molar-refractivity contribution is -0.384. The van der Waals surface area contributed by atoms with Crippen molar-refractivity contribution >= 4 is 23.2 Å². The van der Waals surface area contributed by atoms with E-state index in [2.05, 4.69) is 16.0 Å². The monoisotopic (exact) mass is 332 g/mol. The number of nitro groups is 1. The van der Waals surface area contributed by atoms with Gasteiger partial charge in [-0.1, -0.05) is 12.1 Å². The maximum atomic E-state index is 11.6. The summed E-state index contributed by atoms with van der Waals surface area (Å²) in [7, 11) is 0. The number of nitro benzene ring substituents is 1. The van der Waals surface area contributed by atoms with E-state index in [-0.39, 0.29) is 30.4 Å². The number of hydrogen-bond donors (Lipinski definition) is 3. The van der Waals surface area contributed by atoms with Crippen LogP contribution in [-0.2, 0) is 4.79 Å². The van der Waals surface area contributed by atoms with Gasteiger partial charge in [0.2, 0.25) is 5.91 Å². The smallest absolute Gasteiger partial charge is 0.292 e. The minimum atomic E-state index is -0.481. The molecule has 0 fully saturated rings. The summed E-state index contributed by atoms with van der Waals surface area (Å²) >= 11 is 0. The third-order valence-electron chi connectivity index (χ3n) is 3.02. The molecular formula is C15H16N4O5. The third kappa shape index (κ3) is 4.83. The van der Waals surface area contributed by atoms with Gasteiger partial charge in [-0.05, 0) is 18.2 Å². The van der Waals surface area contributed by atoms with Crippen LogP contribution in [0.25, 0.3) is 0 Å². The largest absolute Gasteiger partial charge is 0.459 e. The lowest BCUT2D eigenvalue weighted by atomic mass is 10.2. The Bertz CT molecular complexity index is 714. The molecule has 1 aromatic heterocycles. The van der Waals surface area contributed by atoms with Crippen molar-refractivity contribution in [2.24, 2.45) is 0 Å². The van der Waals surface area contributed by atoms with E-state index in [0.29, 0.717) is 12.2 Å². The van der Waals surface area contributed by atoms with Gasteiger partial charge in [-0.3, -0.25) is 19.7 Å². The molecule has 0 unspecified atom stereocenters. The predicted octanol–water partition coefficient (Wildman–Crippen LogP) is 1.15. The Morgan fingerprint density at radius 2 is 1.88 bits per heavy atom. The zero-order valence-electron chi connectivity index (χ0n) is 12.7. The molecule has 0 spiro atoms. The van der Waals surface area contributed by atoms with Crippen LogP contribution in [0.15, 0.2) is 47.1 Å². The second-order valence-corrected chi connectivity index (χ2v) is 4.71. The molecule has 2 rings (SSSR count). The maximum Gasteiger partial charge on any atom is 0.292 e. The van der Waals surface area contributed by atoms with E-state index in [9.17, 15) is 19.7 Å². The first-order valence-corrected chi connectivity index (χ1v) is 7.13. The number of carbonyl (C=O) groups excluding carboxylic acids is 2. The Morgan fingerprint density at radius 3 is 2.58 bits per heavy atom. The van der Waals surface area contributed by atoms with E-state index in [1.54, 1.807) is 24.3 Å². The average Bonchev–Trinajstić information content (AvgIpc) is 3.11. The van der Waals surface area contributed by atoms with E-state index < -0.39 is 10.8 Å². The summed E-state index contributed by atoms with van der Waals surface area (Å²) < 4.78 is 4.90. The Hall–Kier alpha value is -3.36. The average molecular weight is 332 g/mol.